The molecule has 2 fully saturated rings. The number of nitrogens with zero attached hydrogens (tertiary/aromatic N) is 3. The van der Waals surface area contributed by atoms with Crippen LogP contribution in [0.2, 0.25) is 0 Å². The van der Waals surface area contributed by atoms with Gasteiger partial charge in [-0.25, -0.2) is 4.98 Å². The quantitative estimate of drug-likeness (QED) is 0.559. The van der Waals surface area contributed by atoms with Gasteiger partial charge in [0.05, 0.1) is 42.4 Å². The van der Waals surface area contributed by atoms with Gasteiger partial charge in [0.1, 0.15) is 11.9 Å². The Labute approximate surface area is 223 Å². The first-order valence-corrected chi connectivity index (χ1v) is 13.7. The largest absolute Gasteiger partial charge is 0.493 e. The van der Waals surface area contributed by atoms with E-state index in [1.165, 1.54) is 0 Å². The Kier molecular flexibility index (Phi) is 8.01. The molecule has 2 aromatic rings. The number of hydrogen-bond acceptors (Lipinski definition) is 7. The molecule has 0 spiro atoms. The fourth-order valence-corrected chi connectivity index (χ4v) is 5.63. The second-order valence-electron chi connectivity index (χ2n) is 11.1. The van der Waals surface area contributed by atoms with Crippen molar-refractivity contribution in [1.29, 1.82) is 0 Å². The maximum atomic E-state index is 13.5. The summed E-state index contributed by atoms with van der Waals surface area (Å²) < 4.78 is 14.3. The molecule has 1 aromatic carbocycles. The molecule has 10 heteroatoms. The van der Waals surface area contributed by atoms with Gasteiger partial charge in [-0.1, -0.05) is 19.9 Å². The number of hydrogen-bond donors (Lipinski definition) is 3. The van der Waals surface area contributed by atoms with E-state index in [9.17, 15) is 14.7 Å². The molecule has 2 saturated heterocycles. The van der Waals surface area contributed by atoms with E-state index in [0.29, 0.717) is 56.2 Å². The van der Waals surface area contributed by atoms with Gasteiger partial charge >= 0.3 is 0 Å². The third kappa shape index (κ3) is 5.87. The zero-order valence-corrected chi connectivity index (χ0v) is 22.4. The lowest BCUT2D eigenvalue weighted by Gasteiger charge is -2.34. The number of rotatable bonds is 3. The summed E-state index contributed by atoms with van der Waals surface area (Å²) in [6, 6.07) is 5.12. The monoisotopic (exact) mass is 525 g/mol. The van der Waals surface area contributed by atoms with Crippen LogP contribution in [0.4, 0.5) is 0 Å². The number of carbonyl (C=O) groups is 2. The Hall–Kier alpha value is -2.95. The summed E-state index contributed by atoms with van der Waals surface area (Å²) in [6.07, 6.45) is 4.80. The van der Waals surface area contributed by atoms with Crippen molar-refractivity contribution < 1.29 is 24.2 Å². The zero-order chi connectivity index (χ0) is 26.8. The van der Waals surface area contributed by atoms with E-state index in [4.69, 9.17) is 9.47 Å². The summed E-state index contributed by atoms with van der Waals surface area (Å²) in [5.74, 6) is 0.531. The first-order valence-electron chi connectivity index (χ1n) is 13.7. The van der Waals surface area contributed by atoms with Crippen LogP contribution in [0.5, 0.6) is 5.75 Å². The maximum Gasteiger partial charge on any atom is 0.255 e. The number of imidazole rings is 1. The van der Waals surface area contributed by atoms with Crippen LogP contribution in [0.25, 0.3) is 0 Å². The minimum Gasteiger partial charge on any atom is -0.493 e. The Morgan fingerprint density at radius 2 is 2.05 bits per heavy atom. The molecule has 10 nitrogen and oxygen atoms in total. The van der Waals surface area contributed by atoms with Gasteiger partial charge in [0.25, 0.3) is 5.91 Å². The minimum atomic E-state index is -0.623. The highest BCUT2D eigenvalue weighted by Crippen LogP contribution is 2.28. The average Bonchev–Trinajstić information content (AvgIpc) is 3.48. The van der Waals surface area contributed by atoms with Crippen molar-refractivity contribution in [3.63, 3.8) is 0 Å². The van der Waals surface area contributed by atoms with Gasteiger partial charge in [0, 0.05) is 45.3 Å². The molecule has 5 rings (SSSR count). The van der Waals surface area contributed by atoms with Crippen LogP contribution in [-0.2, 0) is 23.1 Å². The second-order valence-corrected chi connectivity index (χ2v) is 11.1. The molecule has 0 saturated carbocycles. The molecule has 0 aliphatic carbocycles. The highest BCUT2D eigenvalue weighted by molar-refractivity contribution is 5.97. The van der Waals surface area contributed by atoms with Crippen molar-refractivity contribution in [1.82, 2.24) is 25.1 Å². The van der Waals surface area contributed by atoms with Crippen LogP contribution in [0, 0.1) is 0 Å². The third-order valence-electron chi connectivity index (χ3n) is 8.00. The summed E-state index contributed by atoms with van der Waals surface area (Å²) in [6.45, 7) is 5.91. The van der Waals surface area contributed by atoms with Crippen LogP contribution in [0.1, 0.15) is 67.1 Å². The molecule has 5 atom stereocenters. The summed E-state index contributed by atoms with van der Waals surface area (Å²) in [5, 5.41) is 16.7. The van der Waals surface area contributed by atoms with Gasteiger partial charge in [-0.05, 0) is 42.9 Å². The van der Waals surface area contributed by atoms with Crippen LogP contribution in [-0.4, -0.2) is 81.5 Å². The number of aliphatic hydroxyl groups excluding tert-OH is 1. The molecule has 2 amide bonds. The van der Waals surface area contributed by atoms with E-state index in [1.807, 2.05) is 29.8 Å². The van der Waals surface area contributed by atoms with Gasteiger partial charge in [-0.15, -0.1) is 0 Å². The Morgan fingerprint density at radius 3 is 2.82 bits per heavy atom. The normalized spacial score (nSPS) is 28.9. The molecule has 3 aliphatic heterocycles. The predicted octanol–water partition coefficient (Wildman–Crippen LogP) is 1.72. The van der Waals surface area contributed by atoms with E-state index in [2.05, 4.69) is 34.4 Å². The van der Waals surface area contributed by atoms with E-state index < -0.39 is 18.2 Å². The molecule has 4 heterocycles. The number of likely N-dealkylation sites (tertiary alicyclic amines) is 1. The van der Waals surface area contributed by atoms with E-state index in [0.717, 1.165) is 17.7 Å². The number of aryl methyl sites for hydroxylation is 1. The molecule has 0 unspecified atom stereocenters. The van der Waals surface area contributed by atoms with Crippen molar-refractivity contribution in [3.8, 4) is 5.75 Å². The van der Waals surface area contributed by atoms with Crippen LogP contribution >= 0.6 is 0 Å². The number of aromatic nitrogens is 2. The molecule has 4 bridgehead atoms. The number of fused-ring (bicyclic) bond motifs is 5. The number of ether oxygens (including phenoxy) is 2. The number of carbonyl (C=O) groups excluding carboxylic acids is 2. The minimum absolute atomic E-state index is 0.0871. The molecule has 38 heavy (non-hydrogen) atoms. The maximum absolute atomic E-state index is 13.5. The number of benzene rings is 1. The fourth-order valence-electron chi connectivity index (χ4n) is 5.63. The van der Waals surface area contributed by atoms with Gasteiger partial charge in [-0.2, -0.15) is 0 Å². The van der Waals surface area contributed by atoms with Crippen molar-refractivity contribution in [2.75, 3.05) is 19.7 Å². The third-order valence-corrected chi connectivity index (χ3v) is 8.00. The molecule has 206 valence electrons. The summed E-state index contributed by atoms with van der Waals surface area (Å²) in [7, 11) is 1.93. The summed E-state index contributed by atoms with van der Waals surface area (Å²) in [4.78, 5) is 33.1. The zero-order valence-electron chi connectivity index (χ0n) is 22.4. The van der Waals surface area contributed by atoms with Crippen LogP contribution in [0.15, 0.2) is 30.7 Å². The standard InChI is InChI=1S/C28H39N5O5/c1-17(2)18-4-6-22-25(10-18)37-9-8-21-5-7-24(34)26(38-21)13-30-28(36)23-11-19(31-27(22)35)14-33(23)15-20-12-29-16-32(20)3/h4,6,10,12,16-17,19,21,23-24,26,34H,5,7-9,11,13-15H2,1-3H3,(H,30,36)(H,31,35)/t19-,21-,23-,24-,26+/m0/s1. The van der Waals surface area contributed by atoms with Crippen molar-refractivity contribution in [2.45, 2.75) is 82.4 Å². The average molecular weight is 526 g/mol. The molecule has 3 aliphatic rings. The highest BCUT2D eigenvalue weighted by Gasteiger charge is 2.39. The molecular formula is C28H39N5O5. The Balaban J connectivity index is 1.43. The number of amides is 2. The van der Waals surface area contributed by atoms with E-state index in [-0.39, 0.29) is 30.5 Å². The lowest BCUT2D eigenvalue weighted by molar-refractivity contribution is -0.133. The lowest BCUT2D eigenvalue weighted by atomic mass is 9.99. The second kappa shape index (κ2) is 11.4. The molecule has 3 N–H and O–H groups in total. The SMILES string of the molecule is CC(C)c1ccc2c(c1)OCC[C@@H]1CC[C@H](O)[C@@H](CNC(=O)[C@@H]3C[C@@H](CN3Cc3cncn3C)NC2=O)O1. The molecule has 1 aromatic heterocycles. The van der Waals surface area contributed by atoms with Crippen LogP contribution in [0.3, 0.4) is 0 Å². The van der Waals surface area contributed by atoms with Crippen LogP contribution < -0.4 is 15.4 Å². The first-order chi connectivity index (χ1) is 18.3. The Bertz CT molecular complexity index is 1150. The first kappa shape index (κ1) is 26.6. The van der Waals surface area contributed by atoms with Gasteiger partial charge < -0.3 is 29.8 Å². The highest BCUT2D eigenvalue weighted by atomic mass is 16.5. The number of nitrogens with one attached hydrogen (secondary N) is 2. The molecular weight excluding hydrogens is 486 g/mol. The smallest absolute Gasteiger partial charge is 0.255 e. The van der Waals surface area contributed by atoms with Gasteiger partial charge in [0.15, 0.2) is 0 Å². The summed E-state index contributed by atoms with van der Waals surface area (Å²) >= 11 is 0. The van der Waals surface area contributed by atoms with Crippen molar-refractivity contribution in [3.05, 3.63) is 47.5 Å². The predicted molar refractivity (Wildman–Crippen MR) is 141 cm³/mol. The van der Waals surface area contributed by atoms with Gasteiger partial charge in [0.2, 0.25) is 5.91 Å². The number of aliphatic hydroxyl groups is 1. The van der Waals surface area contributed by atoms with E-state index in [1.54, 1.807) is 12.5 Å². The molecule has 0 radical (unpaired) electrons. The van der Waals surface area contributed by atoms with Crippen molar-refractivity contribution in [2.24, 2.45) is 7.05 Å². The van der Waals surface area contributed by atoms with E-state index >= 15 is 0 Å². The summed E-state index contributed by atoms with van der Waals surface area (Å²) in [5.41, 5.74) is 2.57. The Morgan fingerprint density at radius 1 is 1.21 bits per heavy atom. The topological polar surface area (TPSA) is 118 Å². The van der Waals surface area contributed by atoms with Gasteiger partial charge in [-0.3, -0.25) is 14.5 Å². The fraction of sp³-hybridized carbons (Fsp3) is 0.607. The lowest BCUT2D eigenvalue weighted by Crippen LogP contribution is -2.50. The van der Waals surface area contributed by atoms with Crippen molar-refractivity contribution >= 4 is 11.8 Å².